The molecule has 0 atom stereocenters. The molecule has 0 spiro atoms. The molecule has 2 aromatic rings. The van der Waals surface area contributed by atoms with E-state index >= 15 is 0 Å². The number of hydrogen-bond donors (Lipinski definition) is 1. The molecule has 0 radical (unpaired) electrons. The predicted octanol–water partition coefficient (Wildman–Crippen LogP) is 4.06. The Morgan fingerprint density at radius 1 is 1.07 bits per heavy atom. The normalized spacial score (nSPS) is 11.1. The van der Waals surface area contributed by atoms with Gasteiger partial charge < -0.3 is 10.1 Å². The molecule has 2 aromatic carbocycles. The minimum absolute atomic E-state index is 0.114. The first-order valence-electron chi connectivity index (χ1n) is 8.96. The van der Waals surface area contributed by atoms with Crippen LogP contribution in [0.3, 0.4) is 0 Å². The molecule has 0 aliphatic heterocycles. The van der Waals surface area contributed by atoms with E-state index in [0.29, 0.717) is 13.0 Å². The molecule has 0 heterocycles. The van der Waals surface area contributed by atoms with Gasteiger partial charge in [-0.25, -0.2) is 4.39 Å². The Bertz CT molecular complexity index is 807. The van der Waals surface area contributed by atoms with Crippen molar-refractivity contribution in [2.24, 2.45) is 0 Å². The summed E-state index contributed by atoms with van der Waals surface area (Å²) in [6.07, 6.45) is 0.714. The Labute approximate surface area is 159 Å². The zero-order chi connectivity index (χ0) is 20.0. The monoisotopic (exact) mass is 371 g/mol. The fraction of sp³-hybridized carbons (Fsp3) is 0.364. The van der Waals surface area contributed by atoms with Gasteiger partial charge in [-0.05, 0) is 48.1 Å². The van der Waals surface area contributed by atoms with Gasteiger partial charge in [0.25, 0.3) is 5.91 Å². The quantitative estimate of drug-likeness (QED) is 0.747. The van der Waals surface area contributed by atoms with Crippen LogP contribution in [-0.4, -0.2) is 24.8 Å². The number of ether oxygens (including phenoxy) is 1. The van der Waals surface area contributed by atoms with Gasteiger partial charge >= 0.3 is 0 Å². The second-order valence-corrected chi connectivity index (χ2v) is 7.53. The van der Waals surface area contributed by atoms with Gasteiger partial charge in [0, 0.05) is 6.54 Å². The van der Waals surface area contributed by atoms with Crippen LogP contribution in [0.25, 0.3) is 0 Å². The summed E-state index contributed by atoms with van der Waals surface area (Å²) >= 11 is 0. The number of carbonyl (C=O) groups excluding carboxylic acids is 2. The highest BCUT2D eigenvalue weighted by molar-refractivity contribution is 5.96. The number of halogens is 1. The van der Waals surface area contributed by atoms with Gasteiger partial charge in [0.15, 0.2) is 12.4 Å². The molecule has 27 heavy (non-hydrogen) atoms. The van der Waals surface area contributed by atoms with Gasteiger partial charge in [0.2, 0.25) is 0 Å². The van der Waals surface area contributed by atoms with Gasteiger partial charge in [0.1, 0.15) is 11.6 Å². The van der Waals surface area contributed by atoms with Crippen molar-refractivity contribution in [3.63, 3.8) is 0 Å². The smallest absolute Gasteiger partial charge is 0.257 e. The zero-order valence-corrected chi connectivity index (χ0v) is 16.3. The van der Waals surface area contributed by atoms with Crippen LogP contribution in [-0.2, 0) is 16.6 Å². The number of Topliss-reactive ketones (excluding diaryl/α,β-unsaturated/α-hetero) is 1. The third-order valence-electron chi connectivity index (χ3n) is 4.24. The van der Waals surface area contributed by atoms with E-state index in [9.17, 15) is 14.0 Å². The Kier molecular flexibility index (Phi) is 6.72. The number of benzene rings is 2. The number of carbonyl (C=O) groups is 2. The number of rotatable bonds is 7. The maximum absolute atomic E-state index is 13.2. The average molecular weight is 371 g/mol. The van der Waals surface area contributed by atoms with Crippen LogP contribution in [0.2, 0.25) is 0 Å². The predicted molar refractivity (Wildman–Crippen MR) is 104 cm³/mol. The summed E-state index contributed by atoms with van der Waals surface area (Å²) < 4.78 is 18.6. The molecule has 0 saturated heterocycles. The summed E-state index contributed by atoms with van der Waals surface area (Å²) in [5.74, 6) is -0.921. The zero-order valence-electron chi connectivity index (χ0n) is 16.3. The third kappa shape index (κ3) is 6.20. The fourth-order valence-corrected chi connectivity index (χ4v) is 2.62. The van der Waals surface area contributed by atoms with E-state index in [1.807, 2.05) is 0 Å². The summed E-state index contributed by atoms with van der Waals surface area (Å²) in [5, 5.41) is 2.78. The fourth-order valence-electron chi connectivity index (χ4n) is 2.62. The minimum atomic E-state index is -0.519. The van der Waals surface area contributed by atoms with Crippen molar-refractivity contribution in [3.05, 3.63) is 65.0 Å². The Hall–Kier alpha value is -2.69. The standard InChI is InChI=1S/C22H26FNO3/c1-15(25)19-13-18(23)9-10-20(19)27-14-21(26)24-12-11-16-5-7-17(8-6-16)22(2,3)4/h5-10,13H,11-12,14H2,1-4H3,(H,24,26). The minimum Gasteiger partial charge on any atom is -0.483 e. The van der Waals surface area contributed by atoms with Crippen molar-refractivity contribution in [1.82, 2.24) is 5.32 Å². The van der Waals surface area contributed by atoms with E-state index < -0.39 is 5.82 Å². The van der Waals surface area contributed by atoms with E-state index in [1.54, 1.807) is 0 Å². The molecular formula is C22H26FNO3. The second-order valence-electron chi connectivity index (χ2n) is 7.53. The molecule has 0 saturated carbocycles. The Morgan fingerprint density at radius 2 is 1.74 bits per heavy atom. The molecule has 0 unspecified atom stereocenters. The summed E-state index contributed by atoms with van der Waals surface area (Å²) in [6, 6.07) is 12.0. The van der Waals surface area contributed by atoms with Crippen molar-refractivity contribution in [2.45, 2.75) is 39.5 Å². The van der Waals surface area contributed by atoms with E-state index in [0.717, 1.165) is 11.6 Å². The first-order chi connectivity index (χ1) is 12.7. The van der Waals surface area contributed by atoms with Crippen LogP contribution in [0.4, 0.5) is 4.39 Å². The van der Waals surface area contributed by atoms with Gasteiger partial charge in [-0.3, -0.25) is 9.59 Å². The molecule has 144 valence electrons. The second kappa shape index (κ2) is 8.80. The van der Waals surface area contributed by atoms with Crippen molar-refractivity contribution in [1.29, 1.82) is 0 Å². The lowest BCUT2D eigenvalue weighted by Gasteiger charge is -2.19. The van der Waals surface area contributed by atoms with E-state index in [-0.39, 0.29) is 35.0 Å². The van der Waals surface area contributed by atoms with Crippen LogP contribution in [0.15, 0.2) is 42.5 Å². The first kappa shape index (κ1) is 20.6. The van der Waals surface area contributed by atoms with Crippen LogP contribution in [0.1, 0.15) is 49.2 Å². The summed E-state index contributed by atoms with van der Waals surface area (Å²) in [7, 11) is 0. The van der Waals surface area contributed by atoms with Crippen molar-refractivity contribution in [2.75, 3.05) is 13.2 Å². The summed E-state index contributed by atoms with van der Waals surface area (Å²) in [5.41, 5.74) is 2.65. The largest absolute Gasteiger partial charge is 0.483 e. The first-order valence-corrected chi connectivity index (χ1v) is 8.96. The van der Waals surface area contributed by atoms with Gasteiger partial charge in [-0.2, -0.15) is 0 Å². The molecule has 0 aromatic heterocycles. The molecule has 2 rings (SSSR count). The highest BCUT2D eigenvalue weighted by Gasteiger charge is 2.13. The molecule has 0 aliphatic carbocycles. The molecule has 1 amide bonds. The van der Waals surface area contributed by atoms with Crippen LogP contribution in [0, 0.1) is 5.82 Å². The molecule has 0 aliphatic rings. The number of amides is 1. The van der Waals surface area contributed by atoms with E-state index in [2.05, 4.69) is 50.4 Å². The van der Waals surface area contributed by atoms with Gasteiger partial charge in [0.05, 0.1) is 5.56 Å². The molecular weight excluding hydrogens is 345 g/mol. The van der Waals surface area contributed by atoms with Crippen LogP contribution in [0.5, 0.6) is 5.75 Å². The van der Waals surface area contributed by atoms with Crippen molar-refractivity contribution >= 4 is 11.7 Å². The Morgan fingerprint density at radius 3 is 2.33 bits per heavy atom. The van der Waals surface area contributed by atoms with E-state index in [1.165, 1.54) is 24.6 Å². The summed E-state index contributed by atoms with van der Waals surface area (Å²) in [4.78, 5) is 23.5. The topological polar surface area (TPSA) is 55.4 Å². The molecule has 0 bridgehead atoms. The van der Waals surface area contributed by atoms with Crippen molar-refractivity contribution in [3.8, 4) is 5.75 Å². The SMILES string of the molecule is CC(=O)c1cc(F)ccc1OCC(=O)NCCc1ccc(C(C)(C)C)cc1. The average Bonchev–Trinajstić information content (AvgIpc) is 2.60. The lowest BCUT2D eigenvalue weighted by molar-refractivity contribution is -0.123. The highest BCUT2D eigenvalue weighted by Crippen LogP contribution is 2.22. The Balaban J connectivity index is 1.81. The van der Waals surface area contributed by atoms with Crippen LogP contribution >= 0.6 is 0 Å². The van der Waals surface area contributed by atoms with Gasteiger partial charge in [-0.1, -0.05) is 45.0 Å². The maximum atomic E-state index is 13.2. The number of hydrogen-bond acceptors (Lipinski definition) is 3. The number of nitrogens with one attached hydrogen (secondary N) is 1. The van der Waals surface area contributed by atoms with Gasteiger partial charge in [-0.15, -0.1) is 0 Å². The third-order valence-corrected chi connectivity index (χ3v) is 4.24. The lowest BCUT2D eigenvalue weighted by Crippen LogP contribution is -2.30. The number of ketones is 1. The molecule has 0 fully saturated rings. The maximum Gasteiger partial charge on any atom is 0.257 e. The van der Waals surface area contributed by atoms with Crippen LogP contribution < -0.4 is 10.1 Å². The van der Waals surface area contributed by atoms with Crippen molar-refractivity contribution < 1.29 is 18.7 Å². The van der Waals surface area contributed by atoms with E-state index in [4.69, 9.17) is 4.74 Å². The molecule has 4 nitrogen and oxygen atoms in total. The molecule has 5 heteroatoms. The lowest BCUT2D eigenvalue weighted by atomic mass is 9.86. The summed E-state index contributed by atoms with van der Waals surface area (Å²) in [6.45, 7) is 8.09. The highest BCUT2D eigenvalue weighted by atomic mass is 19.1. The molecule has 1 N–H and O–H groups in total.